The number of hydrogen-bond donors (Lipinski definition) is 2. The number of anilines is 1. The predicted octanol–water partition coefficient (Wildman–Crippen LogP) is 2.15. The number of guanidine groups is 1. The maximum atomic E-state index is 13.7. The first-order chi connectivity index (χ1) is 13.5. The molecule has 0 aliphatic carbocycles. The summed E-state index contributed by atoms with van der Waals surface area (Å²) in [4.78, 5) is 13.4. The Balaban J connectivity index is 1.53. The molecule has 0 bridgehead atoms. The van der Waals surface area contributed by atoms with Gasteiger partial charge in [-0.25, -0.2) is 9.37 Å². The molecule has 1 saturated heterocycles. The molecule has 1 aliphatic rings. The summed E-state index contributed by atoms with van der Waals surface area (Å²) >= 11 is 0. The van der Waals surface area contributed by atoms with Crippen LogP contribution in [0.4, 0.5) is 10.2 Å². The zero-order chi connectivity index (χ0) is 19.9. The van der Waals surface area contributed by atoms with Crippen LogP contribution in [0.2, 0.25) is 0 Å². The van der Waals surface area contributed by atoms with Gasteiger partial charge >= 0.3 is 0 Å². The van der Waals surface area contributed by atoms with Crippen LogP contribution in [0.25, 0.3) is 0 Å². The second-order valence-corrected chi connectivity index (χ2v) is 7.18. The average Bonchev–Trinajstić information content (AvgIpc) is 2.71. The Kier molecular flexibility index (Phi) is 6.81. The molecule has 0 spiro atoms. The van der Waals surface area contributed by atoms with Crippen LogP contribution in [-0.4, -0.2) is 56.1 Å². The first-order valence-corrected chi connectivity index (χ1v) is 9.63. The fourth-order valence-corrected chi connectivity index (χ4v) is 3.12. The summed E-state index contributed by atoms with van der Waals surface area (Å²) in [6.45, 7) is 7.02. The summed E-state index contributed by atoms with van der Waals surface area (Å²) in [6.07, 6.45) is 1.86. The number of pyridine rings is 1. The third kappa shape index (κ3) is 5.42. The van der Waals surface area contributed by atoms with Gasteiger partial charge in [0.1, 0.15) is 11.6 Å². The predicted molar refractivity (Wildman–Crippen MR) is 112 cm³/mol. The fourth-order valence-electron chi connectivity index (χ4n) is 3.12. The summed E-state index contributed by atoms with van der Waals surface area (Å²) in [5, 5.41) is 6.54. The third-order valence-electron chi connectivity index (χ3n) is 5.02. The molecule has 0 amide bonds. The van der Waals surface area contributed by atoms with Gasteiger partial charge in [-0.3, -0.25) is 4.99 Å². The van der Waals surface area contributed by atoms with E-state index in [2.05, 4.69) is 43.5 Å². The minimum Gasteiger partial charge on any atom is -0.354 e. The summed E-state index contributed by atoms with van der Waals surface area (Å²) in [7, 11) is 3.88. The van der Waals surface area contributed by atoms with Gasteiger partial charge in [0.2, 0.25) is 0 Å². The lowest BCUT2D eigenvalue weighted by Crippen LogP contribution is -2.44. The topological polar surface area (TPSA) is 55.8 Å². The Hall–Kier alpha value is -2.67. The molecule has 0 saturated carbocycles. The number of aryl methyl sites for hydroxylation is 1. The number of halogens is 1. The summed E-state index contributed by atoms with van der Waals surface area (Å²) in [6, 6.07) is 9.40. The standard InChI is InChI=1S/C21H29FN6/c1-16-4-5-17(12-19(16)22)14-25-21(23-2)26-15-18-6-7-24-20(13-18)28-10-8-27(3)9-11-28/h4-7,12-13H,8-11,14-15H2,1-3H3,(H2,23,25,26). The molecule has 1 aromatic carbocycles. The second kappa shape index (κ2) is 9.50. The summed E-state index contributed by atoms with van der Waals surface area (Å²) in [5.74, 6) is 1.51. The van der Waals surface area contributed by atoms with Gasteiger partial charge in [-0.05, 0) is 48.9 Å². The maximum absolute atomic E-state index is 13.7. The van der Waals surface area contributed by atoms with Gasteiger partial charge in [0.25, 0.3) is 0 Å². The van der Waals surface area contributed by atoms with Gasteiger partial charge in [0, 0.05) is 52.5 Å². The van der Waals surface area contributed by atoms with Gasteiger partial charge in [-0.15, -0.1) is 0 Å². The number of piperazine rings is 1. The summed E-state index contributed by atoms with van der Waals surface area (Å²) < 4.78 is 13.7. The molecule has 28 heavy (non-hydrogen) atoms. The molecular formula is C21H29FN6. The van der Waals surface area contributed by atoms with Crippen molar-refractivity contribution in [3.63, 3.8) is 0 Å². The number of nitrogens with zero attached hydrogens (tertiary/aromatic N) is 4. The van der Waals surface area contributed by atoms with Crippen molar-refractivity contribution in [1.82, 2.24) is 20.5 Å². The van der Waals surface area contributed by atoms with Crippen LogP contribution in [0.1, 0.15) is 16.7 Å². The quantitative estimate of drug-likeness (QED) is 0.611. The molecule has 0 unspecified atom stereocenters. The van der Waals surface area contributed by atoms with Crippen molar-refractivity contribution in [1.29, 1.82) is 0 Å². The third-order valence-corrected chi connectivity index (χ3v) is 5.02. The lowest BCUT2D eigenvalue weighted by molar-refractivity contribution is 0.312. The van der Waals surface area contributed by atoms with Crippen LogP contribution in [-0.2, 0) is 13.1 Å². The number of nitrogens with one attached hydrogen (secondary N) is 2. The Morgan fingerprint density at radius 3 is 2.39 bits per heavy atom. The first kappa shape index (κ1) is 20.1. The Labute approximate surface area is 166 Å². The summed E-state index contributed by atoms with van der Waals surface area (Å²) in [5.41, 5.74) is 2.68. The van der Waals surface area contributed by atoms with Gasteiger partial charge in [0.15, 0.2) is 5.96 Å². The smallest absolute Gasteiger partial charge is 0.191 e. The average molecular weight is 385 g/mol. The van der Waals surface area contributed by atoms with Crippen molar-refractivity contribution in [2.45, 2.75) is 20.0 Å². The van der Waals surface area contributed by atoms with Crippen molar-refractivity contribution >= 4 is 11.8 Å². The van der Waals surface area contributed by atoms with Gasteiger partial charge < -0.3 is 20.4 Å². The molecule has 6 nitrogen and oxygen atoms in total. The largest absolute Gasteiger partial charge is 0.354 e. The lowest BCUT2D eigenvalue weighted by atomic mass is 10.1. The number of aliphatic imine (C=N–C) groups is 1. The van der Waals surface area contributed by atoms with Crippen LogP contribution in [0, 0.1) is 12.7 Å². The molecule has 2 N–H and O–H groups in total. The number of hydrogen-bond acceptors (Lipinski definition) is 4. The van der Waals surface area contributed by atoms with Gasteiger partial charge in [-0.2, -0.15) is 0 Å². The van der Waals surface area contributed by atoms with Crippen molar-refractivity contribution < 1.29 is 4.39 Å². The van der Waals surface area contributed by atoms with Crippen molar-refractivity contribution in [2.75, 3.05) is 45.2 Å². The number of likely N-dealkylation sites (N-methyl/N-ethyl adjacent to an activating group) is 1. The van der Waals surface area contributed by atoms with Crippen LogP contribution < -0.4 is 15.5 Å². The number of aromatic nitrogens is 1. The van der Waals surface area contributed by atoms with E-state index in [4.69, 9.17) is 0 Å². The van der Waals surface area contributed by atoms with Crippen LogP contribution in [0.3, 0.4) is 0 Å². The van der Waals surface area contributed by atoms with E-state index in [1.807, 2.05) is 18.3 Å². The zero-order valence-electron chi connectivity index (χ0n) is 16.9. The fraction of sp³-hybridized carbons (Fsp3) is 0.429. The highest BCUT2D eigenvalue weighted by atomic mass is 19.1. The highest BCUT2D eigenvalue weighted by Crippen LogP contribution is 2.14. The highest BCUT2D eigenvalue weighted by molar-refractivity contribution is 5.79. The molecule has 1 fully saturated rings. The van der Waals surface area contributed by atoms with Gasteiger partial charge in [-0.1, -0.05) is 12.1 Å². The normalized spacial score (nSPS) is 15.6. The van der Waals surface area contributed by atoms with Crippen LogP contribution >= 0.6 is 0 Å². The first-order valence-electron chi connectivity index (χ1n) is 9.63. The molecular weight excluding hydrogens is 355 g/mol. The molecule has 7 heteroatoms. The van der Waals surface area contributed by atoms with E-state index < -0.39 is 0 Å². The highest BCUT2D eigenvalue weighted by Gasteiger charge is 2.15. The molecule has 0 atom stereocenters. The molecule has 1 aromatic heterocycles. The Bertz CT molecular complexity index is 814. The molecule has 2 heterocycles. The van der Waals surface area contributed by atoms with Gasteiger partial charge in [0.05, 0.1) is 0 Å². The minimum atomic E-state index is -0.185. The van der Waals surface area contributed by atoms with E-state index in [9.17, 15) is 4.39 Å². The minimum absolute atomic E-state index is 0.185. The monoisotopic (exact) mass is 384 g/mol. The van der Waals surface area contributed by atoms with E-state index >= 15 is 0 Å². The van der Waals surface area contributed by atoms with E-state index in [-0.39, 0.29) is 5.82 Å². The molecule has 2 aromatic rings. The second-order valence-electron chi connectivity index (χ2n) is 7.18. The van der Waals surface area contributed by atoms with Crippen LogP contribution in [0.15, 0.2) is 41.5 Å². The molecule has 0 radical (unpaired) electrons. The Morgan fingerprint density at radius 1 is 1.07 bits per heavy atom. The maximum Gasteiger partial charge on any atom is 0.191 e. The Morgan fingerprint density at radius 2 is 1.75 bits per heavy atom. The molecule has 3 rings (SSSR count). The van der Waals surface area contributed by atoms with E-state index in [1.54, 1.807) is 26.1 Å². The van der Waals surface area contributed by atoms with Crippen LogP contribution in [0.5, 0.6) is 0 Å². The zero-order valence-corrected chi connectivity index (χ0v) is 16.9. The number of rotatable bonds is 5. The van der Waals surface area contributed by atoms with Crippen molar-refractivity contribution in [3.8, 4) is 0 Å². The van der Waals surface area contributed by atoms with E-state index in [0.717, 1.165) is 43.1 Å². The van der Waals surface area contributed by atoms with E-state index in [0.29, 0.717) is 24.6 Å². The lowest BCUT2D eigenvalue weighted by Gasteiger charge is -2.33. The number of benzene rings is 1. The van der Waals surface area contributed by atoms with Crippen molar-refractivity contribution in [2.24, 2.45) is 4.99 Å². The SMILES string of the molecule is CN=C(NCc1ccnc(N2CCN(C)CC2)c1)NCc1ccc(C)c(F)c1. The van der Waals surface area contributed by atoms with Crippen molar-refractivity contribution in [3.05, 3.63) is 59.0 Å². The molecule has 150 valence electrons. The molecule has 1 aliphatic heterocycles. The van der Waals surface area contributed by atoms with E-state index in [1.165, 1.54) is 0 Å².